The van der Waals surface area contributed by atoms with Gasteiger partial charge in [0.05, 0.1) is 24.6 Å². The Kier molecular flexibility index (Phi) is 7.28. The van der Waals surface area contributed by atoms with Crippen molar-refractivity contribution in [2.24, 2.45) is 0 Å². The maximum absolute atomic E-state index is 11.4. The number of morpholine rings is 1. The summed E-state index contributed by atoms with van der Waals surface area (Å²) in [4.78, 5) is 2.29. The lowest BCUT2D eigenvalue weighted by molar-refractivity contribution is -0.0902. The first kappa shape index (κ1) is 16.9. The first-order chi connectivity index (χ1) is 8.98. The van der Waals surface area contributed by atoms with Gasteiger partial charge in [-0.05, 0) is 25.8 Å². The zero-order valence-electron chi connectivity index (χ0n) is 12.0. The third-order valence-corrected chi connectivity index (χ3v) is 5.33. The van der Waals surface area contributed by atoms with Crippen molar-refractivity contribution in [3.8, 4) is 0 Å². The van der Waals surface area contributed by atoms with Crippen molar-refractivity contribution in [3.63, 3.8) is 0 Å². The second-order valence-electron chi connectivity index (χ2n) is 5.16. The van der Waals surface area contributed by atoms with Crippen LogP contribution < -0.4 is 0 Å². The Hall–Kier alpha value is -0.170. The molecule has 2 atom stereocenters. The predicted molar refractivity (Wildman–Crippen MR) is 76.0 cm³/mol. The van der Waals surface area contributed by atoms with E-state index in [1.807, 2.05) is 0 Å². The lowest BCUT2D eigenvalue weighted by atomic mass is 10.1. The zero-order chi connectivity index (χ0) is 14.3. The van der Waals surface area contributed by atoms with Crippen molar-refractivity contribution in [1.82, 2.24) is 4.90 Å². The second-order valence-corrected chi connectivity index (χ2v) is 7.63. The van der Waals surface area contributed by atoms with Gasteiger partial charge in [0.1, 0.15) is 9.84 Å². The summed E-state index contributed by atoms with van der Waals surface area (Å²) in [6, 6.07) is 0. The largest absolute Gasteiger partial charge is 0.390 e. The van der Waals surface area contributed by atoms with Gasteiger partial charge in [0.15, 0.2) is 0 Å². The van der Waals surface area contributed by atoms with Gasteiger partial charge in [0, 0.05) is 18.8 Å². The molecule has 0 bridgehead atoms. The number of hydrogen-bond acceptors (Lipinski definition) is 5. The molecule has 1 saturated heterocycles. The molecule has 6 heteroatoms. The van der Waals surface area contributed by atoms with Crippen molar-refractivity contribution in [1.29, 1.82) is 0 Å². The third kappa shape index (κ3) is 6.21. The summed E-state index contributed by atoms with van der Waals surface area (Å²) in [6.45, 7) is 7.12. The predicted octanol–water partition coefficient (Wildman–Crippen LogP) is 0.673. The van der Waals surface area contributed by atoms with Crippen molar-refractivity contribution < 1.29 is 18.3 Å². The van der Waals surface area contributed by atoms with Crippen molar-refractivity contribution in [2.45, 2.75) is 45.3 Å². The molecule has 19 heavy (non-hydrogen) atoms. The molecule has 0 aromatic heterocycles. The molecule has 0 radical (unpaired) electrons. The molecule has 1 heterocycles. The number of ether oxygens (including phenoxy) is 1. The van der Waals surface area contributed by atoms with E-state index in [0.717, 1.165) is 26.1 Å². The van der Waals surface area contributed by atoms with Crippen LogP contribution in [0.15, 0.2) is 0 Å². The van der Waals surface area contributed by atoms with Crippen LogP contribution in [0.1, 0.15) is 33.1 Å². The van der Waals surface area contributed by atoms with E-state index in [1.165, 1.54) is 0 Å². The van der Waals surface area contributed by atoms with Crippen LogP contribution in [0, 0.1) is 0 Å². The summed E-state index contributed by atoms with van der Waals surface area (Å²) in [6.07, 6.45) is 1.35. The van der Waals surface area contributed by atoms with Crippen LogP contribution in [0.25, 0.3) is 0 Å². The van der Waals surface area contributed by atoms with Gasteiger partial charge in [-0.3, -0.25) is 4.90 Å². The van der Waals surface area contributed by atoms with Crippen LogP contribution in [0.3, 0.4) is 0 Å². The first-order valence-corrected chi connectivity index (χ1v) is 9.03. The minimum atomic E-state index is -2.93. The number of sulfone groups is 1. The summed E-state index contributed by atoms with van der Waals surface area (Å²) in [5.41, 5.74) is 0. The average molecular weight is 293 g/mol. The van der Waals surface area contributed by atoms with E-state index in [2.05, 4.69) is 11.8 Å². The van der Waals surface area contributed by atoms with Gasteiger partial charge in [-0.25, -0.2) is 8.42 Å². The normalized spacial score (nSPS) is 23.4. The van der Waals surface area contributed by atoms with Gasteiger partial charge in [0.25, 0.3) is 0 Å². The fourth-order valence-corrected chi connectivity index (χ4v) is 3.22. The summed E-state index contributed by atoms with van der Waals surface area (Å²) in [5.74, 6) is 0.333. The molecular formula is C13H27NO4S. The molecule has 0 aromatic carbocycles. The Morgan fingerprint density at radius 2 is 2.16 bits per heavy atom. The molecule has 114 valence electrons. The van der Waals surface area contributed by atoms with Gasteiger partial charge in [-0.15, -0.1) is 0 Å². The van der Waals surface area contributed by atoms with E-state index in [0.29, 0.717) is 19.4 Å². The molecule has 0 spiro atoms. The highest BCUT2D eigenvalue weighted by molar-refractivity contribution is 7.91. The number of hydrogen-bond donors (Lipinski definition) is 1. The molecule has 1 N–H and O–H groups in total. The highest BCUT2D eigenvalue weighted by atomic mass is 32.2. The lowest BCUT2D eigenvalue weighted by Gasteiger charge is -2.35. The minimum absolute atomic E-state index is 0.159. The van der Waals surface area contributed by atoms with Gasteiger partial charge in [-0.1, -0.05) is 13.8 Å². The third-order valence-electron chi connectivity index (χ3n) is 3.54. The van der Waals surface area contributed by atoms with E-state index >= 15 is 0 Å². The number of nitrogens with zero attached hydrogens (tertiary/aromatic N) is 1. The van der Waals surface area contributed by atoms with Crippen LogP contribution in [0.2, 0.25) is 0 Å². The second kappa shape index (κ2) is 8.19. The van der Waals surface area contributed by atoms with Crippen LogP contribution in [0.4, 0.5) is 0 Å². The molecule has 1 aliphatic rings. The van der Waals surface area contributed by atoms with Crippen LogP contribution in [-0.4, -0.2) is 68.4 Å². The number of aliphatic hydroxyl groups excluding tert-OH is 1. The molecule has 0 amide bonds. The Morgan fingerprint density at radius 1 is 1.42 bits per heavy atom. The van der Waals surface area contributed by atoms with Gasteiger partial charge >= 0.3 is 0 Å². The fraction of sp³-hybridized carbons (Fsp3) is 1.00. The minimum Gasteiger partial charge on any atom is -0.390 e. The maximum atomic E-state index is 11.4. The average Bonchev–Trinajstić information content (AvgIpc) is 2.39. The van der Waals surface area contributed by atoms with Crippen LogP contribution >= 0.6 is 0 Å². The summed E-state index contributed by atoms with van der Waals surface area (Å²) in [7, 11) is -2.93. The number of rotatable bonds is 8. The van der Waals surface area contributed by atoms with E-state index < -0.39 is 15.9 Å². The van der Waals surface area contributed by atoms with Crippen LogP contribution in [0.5, 0.6) is 0 Å². The monoisotopic (exact) mass is 293 g/mol. The molecule has 1 rings (SSSR count). The molecule has 0 aliphatic carbocycles. The molecule has 1 aliphatic heterocycles. The zero-order valence-corrected chi connectivity index (χ0v) is 12.9. The SMILES string of the molecule is CCCN1CCOC(C(O)CCCS(=O)(=O)CC)C1. The summed E-state index contributed by atoms with van der Waals surface area (Å²) >= 11 is 0. The quantitative estimate of drug-likeness (QED) is 0.712. The van der Waals surface area contributed by atoms with Crippen molar-refractivity contribution in [2.75, 3.05) is 37.7 Å². The van der Waals surface area contributed by atoms with Crippen molar-refractivity contribution >= 4 is 9.84 Å². The molecular weight excluding hydrogens is 266 g/mol. The molecule has 1 fully saturated rings. The van der Waals surface area contributed by atoms with Crippen LogP contribution in [-0.2, 0) is 14.6 Å². The Bertz CT molecular complexity index is 343. The molecule has 5 nitrogen and oxygen atoms in total. The van der Waals surface area contributed by atoms with Gasteiger partial charge in [-0.2, -0.15) is 0 Å². The number of aliphatic hydroxyl groups is 1. The van der Waals surface area contributed by atoms with E-state index in [-0.39, 0.29) is 17.6 Å². The Labute approximate surface area is 116 Å². The van der Waals surface area contributed by atoms with Gasteiger partial charge < -0.3 is 9.84 Å². The van der Waals surface area contributed by atoms with E-state index in [9.17, 15) is 13.5 Å². The van der Waals surface area contributed by atoms with E-state index in [1.54, 1.807) is 6.92 Å². The highest BCUT2D eigenvalue weighted by Crippen LogP contribution is 2.13. The molecule has 2 unspecified atom stereocenters. The molecule has 0 saturated carbocycles. The molecule has 0 aromatic rings. The smallest absolute Gasteiger partial charge is 0.150 e. The lowest BCUT2D eigenvalue weighted by Crippen LogP contribution is -2.47. The highest BCUT2D eigenvalue weighted by Gasteiger charge is 2.26. The van der Waals surface area contributed by atoms with E-state index in [4.69, 9.17) is 4.74 Å². The Balaban J connectivity index is 2.30. The first-order valence-electron chi connectivity index (χ1n) is 7.21. The maximum Gasteiger partial charge on any atom is 0.150 e. The fourth-order valence-electron chi connectivity index (χ4n) is 2.33. The van der Waals surface area contributed by atoms with Gasteiger partial charge in [0.2, 0.25) is 0 Å². The standard InChI is InChI=1S/C13H27NO4S/c1-3-7-14-8-9-18-13(11-14)12(15)6-5-10-19(16,17)4-2/h12-13,15H,3-11H2,1-2H3. The summed E-state index contributed by atoms with van der Waals surface area (Å²) in [5, 5.41) is 10.1. The van der Waals surface area contributed by atoms with Crippen molar-refractivity contribution in [3.05, 3.63) is 0 Å². The summed E-state index contributed by atoms with van der Waals surface area (Å²) < 4.78 is 28.3. The Morgan fingerprint density at radius 3 is 2.79 bits per heavy atom. The topological polar surface area (TPSA) is 66.8 Å².